The number of hydrogen-bond donors (Lipinski definition) is 2. The lowest BCUT2D eigenvalue weighted by Gasteiger charge is -2.29. The summed E-state index contributed by atoms with van der Waals surface area (Å²) in [5.41, 5.74) is 1.12. The molecule has 1 aliphatic carbocycles. The van der Waals surface area contributed by atoms with E-state index >= 15 is 0 Å². The number of halogens is 1. The fourth-order valence-corrected chi connectivity index (χ4v) is 2.62. The predicted molar refractivity (Wildman–Crippen MR) is 71.0 cm³/mol. The molecule has 0 saturated heterocycles. The van der Waals surface area contributed by atoms with Gasteiger partial charge in [0.05, 0.1) is 12.1 Å². The normalized spacial score (nSPS) is 26.3. The first-order valence-electron chi connectivity index (χ1n) is 5.46. The molecule has 0 radical (unpaired) electrons. The van der Waals surface area contributed by atoms with Crippen LogP contribution in [0.2, 0.25) is 0 Å². The van der Waals surface area contributed by atoms with E-state index in [0.29, 0.717) is 0 Å². The molecule has 2 atom stereocenters. The standard InChI is InChI=1S/C12H16INO/c13-9-4-3-5-10(8-9)14-11-6-1-2-7-12(11)15/h3-5,8,11-12,14-15H,1-2,6-7H2/t11-,12+/m0/s1. The van der Waals surface area contributed by atoms with Gasteiger partial charge in [0.15, 0.2) is 0 Å². The van der Waals surface area contributed by atoms with Gasteiger partial charge in [-0.05, 0) is 53.6 Å². The molecule has 2 N–H and O–H groups in total. The Morgan fingerprint density at radius 1 is 1.27 bits per heavy atom. The van der Waals surface area contributed by atoms with Crippen LogP contribution < -0.4 is 5.32 Å². The zero-order valence-electron chi connectivity index (χ0n) is 8.62. The molecule has 0 unspecified atom stereocenters. The van der Waals surface area contributed by atoms with E-state index in [1.165, 1.54) is 9.99 Å². The van der Waals surface area contributed by atoms with Crippen LogP contribution in [0.3, 0.4) is 0 Å². The van der Waals surface area contributed by atoms with Crippen molar-refractivity contribution in [2.75, 3.05) is 5.32 Å². The Bertz CT molecular complexity index is 329. The number of aliphatic hydroxyl groups excluding tert-OH is 1. The average molecular weight is 317 g/mol. The molecule has 0 amide bonds. The van der Waals surface area contributed by atoms with E-state index in [4.69, 9.17) is 0 Å². The molecule has 82 valence electrons. The van der Waals surface area contributed by atoms with Crippen LogP contribution >= 0.6 is 22.6 Å². The van der Waals surface area contributed by atoms with Gasteiger partial charge in [-0.1, -0.05) is 18.9 Å². The molecule has 0 spiro atoms. The molecule has 1 fully saturated rings. The van der Waals surface area contributed by atoms with Gasteiger partial charge in [-0.2, -0.15) is 0 Å². The highest BCUT2D eigenvalue weighted by molar-refractivity contribution is 14.1. The molecule has 0 heterocycles. The van der Waals surface area contributed by atoms with Crippen LogP contribution in [-0.2, 0) is 0 Å². The first kappa shape index (κ1) is 11.2. The maximum absolute atomic E-state index is 9.84. The van der Waals surface area contributed by atoms with Crippen molar-refractivity contribution in [3.05, 3.63) is 27.8 Å². The van der Waals surface area contributed by atoms with Crippen molar-refractivity contribution in [2.24, 2.45) is 0 Å². The van der Waals surface area contributed by atoms with Crippen molar-refractivity contribution < 1.29 is 5.11 Å². The fraction of sp³-hybridized carbons (Fsp3) is 0.500. The Kier molecular flexibility index (Phi) is 3.86. The summed E-state index contributed by atoms with van der Waals surface area (Å²) in [7, 11) is 0. The monoisotopic (exact) mass is 317 g/mol. The van der Waals surface area contributed by atoms with Crippen molar-refractivity contribution in [1.29, 1.82) is 0 Å². The van der Waals surface area contributed by atoms with Crippen LogP contribution in [-0.4, -0.2) is 17.3 Å². The van der Waals surface area contributed by atoms with Gasteiger partial charge in [0.2, 0.25) is 0 Å². The second-order valence-corrected chi connectivity index (χ2v) is 5.36. The minimum atomic E-state index is -0.184. The zero-order chi connectivity index (χ0) is 10.7. The number of anilines is 1. The minimum absolute atomic E-state index is 0.184. The number of nitrogens with one attached hydrogen (secondary N) is 1. The number of rotatable bonds is 2. The van der Waals surface area contributed by atoms with Gasteiger partial charge < -0.3 is 10.4 Å². The van der Waals surface area contributed by atoms with Gasteiger partial charge in [-0.25, -0.2) is 0 Å². The molecule has 0 aromatic heterocycles. The molecular weight excluding hydrogens is 301 g/mol. The van der Waals surface area contributed by atoms with Crippen molar-refractivity contribution >= 4 is 28.3 Å². The summed E-state index contributed by atoms with van der Waals surface area (Å²) < 4.78 is 1.22. The lowest BCUT2D eigenvalue weighted by molar-refractivity contribution is 0.116. The summed E-state index contributed by atoms with van der Waals surface area (Å²) in [4.78, 5) is 0. The lowest BCUT2D eigenvalue weighted by Crippen LogP contribution is -2.36. The van der Waals surface area contributed by atoms with E-state index in [1.54, 1.807) is 0 Å². The van der Waals surface area contributed by atoms with Crippen LogP contribution in [0, 0.1) is 3.57 Å². The quantitative estimate of drug-likeness (QED) is 0.822. The second kappa shape index (κ2) is 5.16. The van der Waals surface area contributed by atoms with E-state index < -0.39 is 0 Å². The highest BCUT2D eigenvalue weighted by Gasteiger charge is 2.22. The third-order valence-corrected chi connectivity index (χ3v) is 3.58. The topological polar surface area (TPSA) is 32.3 Å². The molecular formula is C12H16INO. The fourth-order valence-electron chi connectivity index (χ4n) is 2.07. The third-order valence-electron chi connectivity index (χ3n) is 2.91. The summed E-state index contributed by atoms with van der Waals surface area (Å²) >= 11 is 2.30. The molecule has 15 heavy (non-hydrogen) atoms. The van der Waals surface area contributed by atoms with E-state index in [2.05, 4.69) is 46.1 Å². The van der Waals surface area contributed by atoms with Crippen LogP contribution in [0.25, 0.3) is 0 Å². The van der Waals surface area contributed by atoms with Gasteiger partial charge >= 0.3 is 0 Å². The van der Waals surface area contributed by atoms with Gasteiger partial charge in [-0.3, -0.25) is 0 Å². The maximum atomic E-state index is 9.84. The van der Waals surface area contributed by atoms with Gasteiger partial charge in [0, 0.05) is 9.26 Å². The van der Waals surface area contributed by atoms with E-state index in [0.717, 1.165) is 24.9 Å². The zero-order valence-corrected chi connectivity index (χ0v) is 10.8. The molecule has 3 heteroatoms. The van der Waals surface area contributed by atoms with Gasteiger partial charge in [0.25, 0.3) is 0 Å². The first-order chi connectivity index (χ1) is 7.25. The molecule has 1 aliphatic rings. The lowest BCUT2D eigenvalue weighted by atomic mass is 9.92. The van der Waals surface area contributed by atoms with Gasteiger partial charge in [0.1, 0.15) is 0 Å². The Labute approximate surface area is 104 Å². The highest BCUT2D eigenvalue weighted by atomic mass is 127. The van der Waals surface area contributed by atoms with E-state index in [-0.39, 0.29) is 12.1 Å². The molecule has 2 rings (SSSR count). The van der Waals surface area contributed by atoms with Crippen LogP contribution in [0.5, 0.6) is 0 Å². The van der Waals surface area contributed by atoms with Gasteiger partial charge in [-0.15, -0.1) is 0 Å². The Morgan fingerprint density at radius 3 is 2.80 bits per heavy atom. The number of aliphatic hydroxyl groups is 1. The molecule has 0 aliphatic heterocycles. The predicted octanol–water partition coefficient (Wildman–Crippen LogP) is 3.01. The van der Waals surface area contributed by atoms with E-state index in [1.807, 2.05) is 6.07 Å². The first-order valence-corrected chi connectivity index (χ1v) is 6.54. The largest absolute Gasteiger partial charge is 0.391 e. The van der Waals surface area contributed by atoms with Crippen LogP contribution in [0.15, 0.2) is 24.3 Å². The van der Waals surface area contributed by atoms with E-state index in [9.17, 15) is 5.11 Å². The van der Waals surface area contributed by atoms with Crippen molar-refractivity contribution in [1.82, 2.24) is 0 Å². The summed E-state index contributed by atoms with van der Waals surface area (Å²) in [5.74, 6) is 0. The highest BCUT2D eigenvalue weighted by Crippen LogP contribution is 2.22. The number of benzene rings is 1. The Morgan fingerprint density at radius 2 is 2.07 bits per heavy atom. The molecule has 1 aromatic rings. The average Bonchev–Trinajstić information content (AvgIpc) is 2.22. The Balaban J connectivity index is 2.01. The smallest absolute Gasteiger partial charge is 0.0741 e. The van der Waals surface area contributed by atoms with Crippen molar-refractivity contribution in [2.45, 2.75) is 37.8 Å². The summed E-state index contributed by atoms with van der Waals surface area (Å²) in [6.45, 7) is 0. The molecule has 2 nitrogen and oxygen atoms in total. The van der Waals surface area contributed by atoms with Crippen LogP contribution in [0.4, 0.5) is 5.69 Å². The summed E-state index contributed by atoms with van der Waals surface area (Å²) in [6, 6.07) is 8.52. The molecule has 0 bridgehead atoms. The van der Waals surface area contributed by atoms with Crippen molar-refractivity contribution in [3.63, 3.8) is 0 Å². The van der Waals surface area contributed by atoms with Crippen LogP contribution in [0.1, 0.15) is 25.7 Å². The van der Waals surface area contributed by atoms with Crippen molar-refractivity contribution in [3.8, 4) is 0 Å². The summed E-state index contributed by atoms with van der Waals surface area (Å²) in [6.07, 6.45) is 4.20. The maximum Gasteiger partial charge on any atom is 0.0741 e. The molecule has 1 aromatic carbocycles. The second-order valence-electron chi connectivity index (χ2n) is 4.11. The molecule has 1 saturated carbocycles. The minimum Gasteiger partial charge on any atom is -0.391 e. The summed E-state index contributed by atoms with van der Waals surface area (Å²) in [5, 5.41) is 13.3. The Hall–Kier alpha value is -0.290. The third kappa shape index (κ3) is 3.08. The number of hydrogen-bond acceptors (Lipinski definition) is 2. The SMILES string of the molecule is O[C@@H]1CCCC[C@@H]1Nc1cccc(I)c1.